The topological polar surface area (TPSA) is 65.2 Å². The number of rotatable bonds is 4. The zero-order chi connectivity index (χ0) is 21.4. The molecule has 1 amide bonds. The van der Waals surface area contributed by atoms with Gasteiger partial charge in [-0.2, -0.15) is 0 Å². The van der Waals surface area contributed by atoms with E-state index >= 15 is 0 Å². The molecular formula is C20H23Cl5N4O. The minimum Gasteiger partial charge on any atom is -0.322 e. The molecule has 5 nitrogen and oxygen atoms in total. The average Bonchev–Trinajstić information content (AvgIpc) is 3.10. The highest BCUT2D eigenvalue weighted by atomic mass is 35.5. The summed E-state index contributed by atoms with van der Waals surface area (Å²) in [6, 6.07) is 3.50. The molecule has 30 heavy (non-hydrogen) atoms. The van der Waals surface area contributed by atoms with Crippen molar-refractivity contribution in [3.8, 4) is 0 Å². The summed E-state index contributed by atoms with van der Waals surface area (Å²) in [7, 11) is 0. The third-order valence-corrected chi connectivity index (χ3v) is 8.09. The molecule has 1 aromatic carbocycles. The van der Waals surface area contributed by atoms with Crippen LogP contribution in [-0.4, -0.2) is 41.1 Å². The minimum atomic E-state index is -0.171. The van der Waals surface area contributed by atoms with E-state index in [9.17, 15) is 4.79 Å². The fourth-order valence-corrected chi connectivity index (χ4v) is 5.81. The Morgan fingerprint density at radius 3 is 2.33 bits per heavy atom. The summed E-state index contributed by atoms with van der Waals surface area (Å²) < 4.78 is 0. The maximum Gasteiger partial charge on any atom is 0.251 e. The largest absolute Gasteiger partial charge is 0.322 e. The van der Waals surface area contributed by atoms with Crippen LogP contribution in [0.15, 0.2) is 23.8 Å². The highest BCUT2D eigenvalue weighted by Gasteiger charge is 2.39. The number of benzene rings is 1. The fourth-order valence-electron chi connectivity index (χ4n) is 4.33. The van der Waals surface area contributed by atoms with E-state index in [1.807, 2.05) is 6.08 Å². The Morgan fingerprint density at radius 2 is 1.67 bits per heavy atom. The smallest absolute Gasteiger partial charge is 0.251 e. The van der Waals surface area contributed by atoms with Gasteiger partial charge in [-0.1, -0.05) is 47.3 Å². The van der Waals surface area contributed by atoms with Crippen LogP contribution in [0.3, 0.4) is 0 Å². The number of hydrogen-bond donors (Lipinski definition) is 4. The summed E-state index contributed by atoms with van der Waals surface area (Å²) in [4.78, 5) is 12.8. The molecule has 1 saturated heterocycles. The predicted octanol–water partition coefficient (Wildman–Crippen LogP) is 4.88. The van der Waals surface area contributed by atoms with Crippen LogP contribution in [0.25, 0.3) is 0 Å². The van der Waals surface area contributed by atoms with Gasteiger partial charge in [0, 0.05) is 29.4 Å². The van der Waals surface area contributed by atoms with Gasteiger partial charge in [0.25, 0.3) is 5.91 Å². The van der Waals surface area contributed by atoms with Gasteiger partial charge in [-0.15, -0.1) is 23.2 Å². The first-order valence-electron chi connectivity index (χ1n) is 10.0. The molecule has 1 saturated carbocycles. The first-order valence-corrected chi connectivity index (χ1v) is 12.1. The summed E-state index contributed by atoms with van der Waals surface area (Å²) in [6.07, 6.45) is 6.38. The zero-order valence-electron chi connectivity index (χ0n) is 16.0. The molecule has 1 aliphatic heterocycles. The Balaban J connectivity index is 1.38. The van der Waals surface area contributed by atoms with E-state index in [2.05, 4.69) is 21.3 Å². The molecule has 1 heterocycles. The van der Waals surface area contributed by atoms with Gasteiger partial charge < -0.3 is 5.32 Å². The van der Waals surface area contributed by atoms with E-state index in [0.29, 0.717) is 22.2 Å². The molecule has 0 radical (unpaired) electrons. The van der Waals surface area contributed by atoms with E-state index in [1.54, 1.807) is 12.1 Å². The zero-order valence-corrected chi connectivity index (χ0v) is 19.8. The number of anilines is 1. The number of carbonyl (C=O) groups excluding carboxylic acids is 1. The lowest BCUT2D eigenvalue weighted by molar-refractivity contribution is -0.113. The first kappa shape index (κ1) is 22.9. The summed E-state index contributed by atoms with van der Waals surface area (Å²) >= 11 is 31.1. The van der Waals surface area contributed by atoms with Crippen molar-refractivity contribution < 1.29 is 4.79 Å². The molecule has 5 atom stereocenters. The number of fused-ring (bicyclic) bond motifs is 1. The molecule has 10 heteroatoms. The highest BCUT2D eigenvalue weighted by Crippen LogP contribution is 2.34. The number of halogens is 5. The van der Waals surface area contributed by atoms with Crippen molar-refractivity contribution in [2.24, 2.45) is 0 Å². The minimum absolute atomic E-state index is 0.0161. The quantitative estimate of drug-likeness (QED) is 0.343. The summed E-state index contributed by atoms with van der Waals surface area (Å²) in [6.45, 7) is 0. The van der Waals surface area contributed by atoms with Gasteiger partial charge in [-0.05, 0) is 37.8 Å². The molecule has 5 unspecified atom stereocenters. The molecule has 0 bridgehead atoms. The second kappa shape index (κ2) is 9.72. The maximum absolute atomic E-state index is 12.8. The van der Waals surface area contributed by atoms with E-state index in [0.717, 1.165) is 31.3 Å². The van der Waals surface area contributed by atoms with Crippen LogP contribution < -0.4 is 21.3 Å². The lowest BCUT2D eigenvalue weighted by Crippen LogP contribution is -2.57. The van der Waals surface area contributed by atoms with Crippen LogP contribution >= 0.6 is 58.0 Å². The molecule has 0 spiro atoms. The van der Waals surface area contributed by atoms with Crippen LogP contribution in [0.4, 0.5) is 5.69 Å². The van der Waals surface area contributed by atoms with E-state index in [-0.39, 0.29) is 46.1 Å². The van der Waals surface area contributed by atoms with E-state index < -0.39 is 0 Å². The van der Waals surface area contributed by atoms with Crippen molar-refractivity contribution in [1.82, 2.24) is 16.0 Å². The van der Waals surface area contributed by atoms with Gasteiger partial charge in [0.05, 0.1) is 25.8 Å². The molecule has 1 aromatic rings. The van der Waals surface area contributed by atoms with Crippen molar-refractivity contribution in [2.75, 3.05) is 5.32 Å². The van der Waals surface area contributed by atoms with Crippen molar-refractivity contribution >= 4 is 69.6 Å². The Hall–Kier alpha value is -0.240. The monoisotopic (exact) mass is 510 g/mol. The molecule has 4 rings (SSSR count). The molecule has 4 N–H and O–H groups in total. The number of alkyl halides is 2. The van der Waals surface area contributed by atoms with Crippen LogP contribution in [0.1, 0.15) is 32.1 Å². The molecule has 2 fully saturated rings. The number of nitrogens with one attached hydrogen (secondary N) is 4. The molecule has 3 aliphatic rings. The van der Waals surface area contributed by atoms with Crippen LogP contribution in [-0.2, 0) is 4.79 Å². The lowest BCUT2D eigenvalue weighted by atomic mass is 9.92. The number of hydrogen-bond acceptors (Lipinski definition) is 4. The molecule has 164 valence electrons. The standard InChI is InChI=1S/C20H23Cl5N4O/c21-11-2-1-3-12(22)18(11)29-20-27-15-5-4-9(6-16(15)28-20)19(30)26-10-7-13(23)17(25)14(24)8-10/h6-8,11-12,15-16,18,20,27-29H,1-5H2,(H,26,30). The molecule has 2 aliphatic carbocycles. The van der Waals surface area contributed by atoms with Gasteiger partial charge in [0.1, 0.15) is 6.29 Å². The Morgan fingerprint density at radius 1 is 1.00 bits per heavy atom. The SMILES string of the molecule is O=C(Nc1cc(Cl)c(Cl)c(Cl)c1)C1=CC2NC(NC3C(Cl)CCCC3Cl)NC2CC1. The second-order valence-electron chi connectivity index (χ2n) is 7.99. The van der Waals surface area contributed by atoms with Crippen LogP contribution in [0.2, 0.25) is 15.1 Å². The summed E-state index contributed by atoms with van der Waals surface area (Å²) in [5.41, 5.74) is 1.23. The van der Waals surface area contributed by atoms with Crippen molar-refractivity contribution in [3.63, 3.8) is 0 Å². The van der Waals surface area contributed by atoms with E-state index in [4.69, 9.17) is 58.0 Å². The average molecular weight is 513 g/mol. The predicted molar refractivity (Wildman–Crippen MR) is 125 cm³/mol. The first-order chi connectivity index (χ1) is 14.3. The van der Waals surface area contributed by atoms with Crippen LogP contribution in [0.5, 0.6) is 0 Å². The number of carbonyl (C=O) groups is 1. The maximum atomic E-state index is 12.8. The highest BCUT2D eigenvalue weighted by molar-refractivity contribution is 6.48. The van der Waals surface area contributed by atoms with Crippen molar-refractivity contribution in [2.45, 2.75) is 67.3 Å². The third kappa shape index (κ3) is 5.05. The van der Waals surface area contributed by atoms with Crippen LogP contribution in [0, 0.1) is 0 Å². The summed E-state index contributed by atoms with van der Waals surface area (Å²) in [5.74, 6) is -0.171. The van der Waals surface area contributed by atoms with Gasteiger partial charge in [-0.3, -0.25) is 20.7 Å². The second-order valence-corrected chi connectivity index (χ2v) is 10.3. The van der Waals surface area contributed by atoms with Gasteiger partial charge in [0.15, 0.2) is 0 Å². The van der Waals surface area contributed by atoms with Crippen molar-refractivity contribution in [1.29, 1.82) is 0 Å². The lowest BCUT2D eigenvalue weighted by Gasteiger charge is -2.34. The van der Waals surface area contributed by atoms with Crippen molar-refractivity contribution in [3.05, 3.63) is 38.8 Å². The molecule has 0 aromatic heterocycles. The molecular weight excluding hydrogens is 490 g/mol. The third-order valence-electron chi connectivity index (χ3n) is 5.91. The Labute approximate surface area is 201 Å². The normalized spacial score (nSPS) is 33.7. The summed E-state index contributed by atoms with van der Waals surface area (Å²) in [5, 5.41) is 14.3. The van der Waals surface area contributed by atoms with E-state index in [1.165, 1.54) is 0 Å². The van der Waals surface area contributed by atoms with Gasteiger partial charge >= 0.3 is 0 Å². The Bertz CT molecular complexity index is 817. The Kier molecular flexibility index (Phi) is 7.43. The fraction of sp³-hybridized carbons (Fsp3) is 0.550. The number of amides is 1. The van der Waals surface area contributed by atoms with Gasteiger partial charge in [-0.25, -0.2) is 0 Å². The van der Waals surface area contributed by atoms with Gasteiger partial charge in [0.2, 0.25) is 0 Å².